The van der Waals surface area contributed by atoms with Crippen LogP contribution in [0.2, 0.25) is 0 Å². The molecule has 0 saturated carbocycles. The second-order valence-electron chi connectivity index (χ2n) is 12.6. The Morgan fingerprint density at radius 3 is 1.81 bits per heavy atom. The summed E-state index contributed by atoms with van der Waals surface area (Å²) in [6, 6.07) is 13.8. The SMILES string of the molecule is CO[C@H]1O[C@H](CO[C@@H]2O[C@@H]3COC(c4ccccc4)O[C@H]3[C@H](OC(C)=O)[C@H]2N2C(=O)c3ccccc3C2=O)[C@@H](OC(C)=O)[C@H](OC(C)=O)[C@H]1OC(C)=O. The van der Waals surface area contributed by atoms with Crippen LogP contribution in [0.4, 0.5) is 0 Å². The van der Waals surface area contributed by atoms with Crippen LogP contribution in [0.25, 0.3) is 0 Å². The van der Waals surface area contributed by atoms with E-state index in [1.807, 2.05) is 6.07 Å². The summed E-state index contributed by atoms with van der Waals surface area (Å²) < 4.78 is 58.7. The first-order chi connectivity index (χ1) is 25.4. The second-order valence-corrected chi connectivity index (χ2v) is 12.6. The molecule has 4 aliphatic heterocycles. The van der Waals surface area contributed by atoms with E-state index in [1.54, 1.807) is 36.4 Å². The first kappa shape index (κ1) is 38.0. The minimum atomic E-state index is -1.52. The molecule has 0 bridgehead atoms. The number of ether oxygens (including phenoxy) is 10. The molecule has 2 aromatic rings. The van der Waals surface area contributed by atoms with Crippen molar-refractivity contribution >= 4 is 35.7 Å². The first-order valence-corrected chi connectivity index (χ1v) is 16.8. The molecule has 53 heavy (non-hydrogen) atoms. The maximum absolute atomic E-state index is 14.0. The lowest BCUT2D eigenvalue weighted by Gasteiger charge is -2.50. The minimum absolute atomic E-state index is 0.0724. The third kappa shape index (κ3) is 7.95. The summed E-state index contributed by atoms with van der Waals surface area (Å²) in [5.41, 5.74) is 0.893. The van der Waals surface area contributed by atoms with E-state index in [9.17, 15) is 28.8 Å². The van der Waals surface area contributed by atoms with Gasteiger partial charge in [-0.2, -0.15) is 0 Å². The Morgan fingerprint density at radius 1 is 0.679 bits per heavy atom. The van der Waals surface area contributed by atoms with Gasteiger partial charge in [0.2, 0.25) is 0 Å². The molecule has 4 heterocycles. The molecular formula is C36H39NO16. The molecule has 0 N–H and O–H groups in total. The van der Waals surface area contributed by atoms with E-state index < -0.39 is 110 Å². The van der Waals surface area contributed by atoms with Gasteiger partial charge in [0.25, 0.3) is 11.8 Å². The number of hydrogen-bond donors (Lipinski definition) is 0. The van der Waals surface area contributed by atoms with E-state index in [4.69, 9.17) is 47.4 Å². The van der Waals surface area contributed by atoms with E-state index in [2.05, 4.69) is 0 Å². The molecule has 17 nitrogen and oxygen atoms in total. The Labute approximate surface area is 303 Å². The summed E-state index contributed by atoms with van der Waals surface area (Å²) in [4.78, 5) is 78.1. The molecule has 2 amide bonds. The molecule has 1 unspecified atom stereocenters. The standard InChI is InChI=1S/C36H39NO16/c1-17(38)47-28-25(52-36(44-5)31(50-20(4)41)30(28)49-19(3)40)16-46-35-26(37-32(42)22-13-9-10-14-23(22)33(37)43)29(48-18(2)39)27-24(51-35)15-45-34(53-27)21-11-7-6-8-12-21/h6-14,24-31,34-36H,15-16H2,1-5H3/t24-,25-,26-,27-,28-,29-,30+,31-,34?,35-,36+/m1/s1. The summed E-state index contributed by atoms with van der Waals surface area (Å²) in [5.74, 6) is -4.47. The average Bonchev–Trinajstić information content (AvgIpc) is 3.37. The van der Waals surface area contributed by atoms with Crippen LogP contribution in [0.15, 0.2) is 54.6 Å². The Morgan fingerprint density at radius 2 is 1.23 bits per heavy atom. The summed E-state index contributed by atoms with van der Waals surface area (Å²) in [6.07, 6.45) is -12.6. The minimum Gasteiger partial charge on any atom is -0.457 e. The summed E-state index contributed by atoms with van der Waals surface area (Å²) in [5, 5.41) is 0. The zero-order chi connectivity index (χ0) is 38.0. The van der Waals surface area contributed by atoms with Gasteiger partial charge in [-0.3, -0.25) is 33.7 Å². The molecular weight excluding hydrogens is 702 g/mol. The van der Waals surface area contributed by atoms with Crippen molar-refractivity contribution in [3.8, 4) is 0 Å². The lowest BCUT2D eigenvalue weighted by molar-refractivity contribution is -0.357. The number of hydrogen-bond acceptors (Lipinski definition) is 16. The molecule has 6 rings (SSSR count). The van der Waals surface area contributed by atoms with Crippen LogP contribution in [-0.4, -0.2) is 122 Å². The molecule has 0 aliphatic carbocycles. The highest BCUT2D eigenvalue weighted by Gasteiger charge is 2.59. The maximum atomic E-state index is 14.0. The van der Waals surface area contributed by atoms with Gasteiger partial charge in [-0.05, 0) is 12.1 Å². The van der Waals surface area contributed by atoms with Crippen molar-refractivity contribution in [2.24, 2.45) is 0 Å². The maximum Gasteiger partial charge on any atom is 0.303 e. The summed E-state index contributed by atoms with van der Waals surface area (Å²) in [6.45, 7) is 3.95. The van der Waals surface area contributed by atoms with Crippen molar-refractivity contribution in [1.29, 1.82) is 0 Å². The van der Waals surface area contributed by atoms with E-state index in [1.165, 1.54) is 26.2 Å². The number of fused-ring (bicyclic) bond motifs is 2. The molecule has 284 valence electrons. The summed E-state index contributed by atoms with van der Waals surface area (Å²) in [7, 11) is 1.26. The fourth-order valence-corrected chi connectivity index (χ4v) is 6.92. The quantitative estimate of drug-likeness (QED) is 0.193. The molecule has 3 saturated heterocycles. The molecule has 0 radical (unpaired) electrons. The van der Waals surface area contributed by atoms with Crippen molar-refractivity contribution < 1.29 is 76.1 Å². The second kappa shape index (κ2) is 16.1. The topological polar surface area (TPSA) is 198 Å². The number of imide groups is 1. The zero-order valence-electron chi connectivity index (χ0n) is 29.4. The number of amides is 2. The van der Waals surface area contributed by atoms with Crippen LogP contribution < -0.4 is 0 Å². The number of nitrogens with zero attached hydrogens (tertiary/aromatic N) is 1. The zero-order valence-corrected chi connectivity index (χ0v) is 29.4. The van der Waals surface area contributed by atoms with Crippen LogP contribution in [0, 0.1) is 0 Å². The van der Waals surface area contributed by atoms with Gasteiger partial charge in [-0.1, -0.05) is 42.5 Å². The molecule has 0 aromatic heterocycles. The Balaban J connectivity index is 1.36. The van der Waals surface area contributed by atoms with Crippen LogP contribution >= 0.6 is 0 Å². The van der Waals surface area contributed by atoms with E-state index in [-0.39, 0.29) is 17.7 Å². The Hall–Kier alpha value is -4.78. The normalized spacial score (nSPS) is 32.2. The highest BCUT2D eigenvalue weighted by atomic mass is 16.8. The number of esters is 4. The van der Waals surface area contributed by atoms with Crippen LogP contribution in [0.3, 0.4) is 0 Å². The van der Waals surface area contributed by atoms with E-state index in [0.29, 0.717) is 5.56 Å². The predicted molar refractivity (Wildman–Crippen MR) is 173 cm³/mol. The van der Waals surface area contributed by atoms with E-state index >= 15 is 0 Å². The van der Waals surface area contributed by atoms with Crippen LogP contribution in [-0.2, 0) is 66.5 Å². The Kier molecular flexibility index (Phi) is 11.5. The molecule has 17 heteroatoms. The predicted octanol–water partition coefficient (Wildman–Crippen LogP) is 1.61. The highest BCUT2D eigenvalue weighted by molar-refractivity contribution is 6.21. The van der Waals surface area contributed by atoms with Crippen LogP contribution in [0.1, 0.15) is 60.3 Å². The van der Waals surface area contributed by atoms with Crippen molar-refractivity contribution in [2.75, 3.05) is 20.3 Å². The van der Waals surface area contributed by atoms with Crippen molar-refractivity contribution in [1.82, 2.24) is 4.90 Å². The van der Waals surface area contributed by atoms with Gasteiger partial charge >= 0.3 is 23.9 Å². The molecule has 4 aliphatic rings. The highest BCUT2D eigenvalue weighted by Crippen LogP contribution is 2.40. The number of benzene rings is 2. The van der Waals surface area contributed by atoms with Crippen molar-refractivity contribution in [3.05, 3.63) is 71.3 Å². The van der Waals surface area contributed by atoms with Gasteiger partial charge in [-0.25, -0.2) is 0 Å². The Bertz CT molecular complexity index is 1680. The fourth-order valence-electron chi connectivity index (χ4n) is 6.92. The molecule has 11 atom stereocenters. The largest absolute Gasteiger partial charge is 0.457 e. The van der Waals surface area contributed by atoms with Gasteiger partial charge in [0.05, 0.1) is 24.3 Å². The molecule has 2 aromatic carbocycles. The number of rotatable bonds is 10. The van der Waals surface area contributed by atoms with Gasteiger partial charge < -0.3 is 47.4 Å². The van der Waals surface area contributed by atoms with Crippen LogP contribution in [0.5, 0.6) is 0 Å². The first-order valence-electron chi connectivity index (χ1n) is 16.8. The number of carbonyl (C=O) groups excluding carboxylic acids is 6. The van der Waals surface area contributed by atoms with Crippen molar-refractivity contribution in [3.63, 3.8) is 0 Å². The van der Waals surface area contributed by atoms with Gasteiger partial charge in [-0.15, -0.1) is 0 Å². The fraction of sp³-hybridized carbons (Fsp3) is 0.500. The monoisotopic (exact) mass is 741 g/mol. The van der Waals surface area contributed by atoms with E-state index in [0.717, 1.165) is 25.7 Å². The van der Waals surface area contributed by atoms with Gasteiger partial charge in [0, 0.05) is 40.4 Å². The summed E-state index contributed by atoms with van der Waals surface area (Å²) >= 11 is 0. The number of methoxy groups -OCH3 is 1. The lowest BCUT2D eigenvalue weighted by atomic mass is 9.93. The number of carbonyl (C=O) groups is 6. The average molecular weight is 742 g/mol. The molecule has 3 fully saturated rings. The lowest BCUT2D eigenvalue weighted by Crippen LogP contribution is -2.69. The third-order valence-corrected chi connectivity index (χ3v) is 8.96. The molecule has 0 spiro atoms. The van der Waals surface area contributed by atoms with Crippen molar-refractivity contribution in [2.45, 2.75) is 95.3 Å². The van der Waals surface area contributed by atoms with Gasteiger partial charge in [0.1, 0.15) is 24.4 Å². The smallest absolute Gasteiger partial charge is 0.303 e. The van der Waals surface area contributed by atoms with Gasteiger partial charge in [0.15, 0.2) is 43.3 Å². The third-order valence-electron chi connectivity index (χ3n) is 8.96.